The summed E-state index contributed by atoms with van der Waals surface area (Å²) in [5, 5.41) is 19.8. The van der Waals surface area contributed by atoms with E-state index in [9.17, 15) is 9.90 Å². The number of rotatable bonds is 4. The van der Waals surface area contributed by atoms with E-state index in [2.05, 4.69) is 20.5 Å². The first-order valence-corrected chi connectivity index (χ1v) is 5.91. The van der Waals surface area contributed by atoms with Crippen molar-refractivity contribution in [3.8, 4) is 0 Å². The van der Waals surface area contributed by atoms with E-state index in [1.54, 1.807) is 24.4 Å². The van der Waals surface area contributed by atoms with Crippen LogP contribution in [0.15, 0.2) is 36.5 Å². The summed E-state index contributed by atoms with van der Waals surface area (Å²) in [6, 6.07) is 8.12. The molecule has 0 aliphatic carbocycles. The van der Waals surface area contributed by atoms with Crippen molar-refractivity contribution in [2.75, 3.05) is 6.54 Å². The van der Waals surface area contributed by atoms with Crippen molar-refractivity contribution in [1.82, 2.24) is 20.5 Å². The number of aliphatic hydroxyl groups is 1. The number of nitrogens with zero attached hydrogens (tertiary/aromatic N) is 3. The molecular formula is C12H11ClN4O2. The van der Waals surface area contributed by atoms with Gasteiger partial charge < -0.3 is 10.4 Å². The molecule has 0 radical (unpaired) electrons. The fraction of sp³-hybridized carbons (Fsp3) is 0.167. The minimum absolute atomic E-state index is 0.0418. The Balaban J connectivity index is 1.92. The van der Waals surface area contributed by atoms with Crippen LogP contribution in [0.2, 0.25) is 5.15 Å². The number of hydrogen-bond donors (Lipinski definition) is 2. The van der Waals surface area contributed by atoms with Crippen molar-refractivity contribution in [2.24, 2.45) is 0 Å². The van der Waals surface area contributed by atoms with Gasteiger partial charge in [-0.25, -0.2) is 0 Å². The van der Waals surface area contributed by atoms with Gasteiger partial charge in [0.25, 0.3) is 5.91 Å². The van der Waals surface area contributed by atoms with Crippen LogP contribution in [0.4, 0.5) is 0 Å². The number of aliphatic hydroxyl groups excluding tert-OH is 1. The minimum Gasteiger partial charge on any atom is -0.385 e. The molecule has 2 N–H and O–H groups in total. The summed E-state index contributed by atoms with van der Waals surface area (Å²) >= 11 is 5.57. The summed E-state index contributed by atoms with van der Waals surface area (Å²) in [5.74, 6) is -0.431. The molecule has 1 unspecified atom stereocenters. The van der Waals surface area contributed by atoms with Gasteiger partial charge in [0.2, 0.25) is 0 Å². The van der Waals surface area contributed by atoms with E-state index in [4.69, 9.17) is 11.6 Å². The monoisotopic (exact) mass is 278 g/mol. The Labute approximate surface area is 114 Å². The van der Waals surface area contributed by atoms with Gasteiger partial charge in [0, 0.05) is 12.7 Å². The molecule has 0 saturated carbocycles. The van der Waals surface area contributed by atoms with Crippen molar-refractivity contribution in [3.05, 3.63) is 53.1 Å². The van der Waals surface area contributed by atoms with E-state index in [0.29, 0.717) is 5.69 Å². The highest BCUT2D eigenvalue weighted by molar-refractivity contribution is 6.29. The van der Waals surface area contributed by atoms with Gasteiger partial charge in [-0.1, -0.05) is 17.7 Å². The maximum absolute atomic E-state index is 11.7. The third kappa shape index (κ3) is 3.70. The molecule has 2 heterocycles. The molecule has 0 aliphatic heterocycles. The first kappa shape index (κ1) is 13.4. The maximum Gasteiger partial charge on any atom is 0.271 e. The summed E-state index contributed by atoms with van der Waals surface area (Å²) in [6.07, 6.45) is 0.704. The molecular weight excluding hydrogens is 268 g/mol. The average molecular weight is 279 g/mol. The minimum atomic E-state index is -0.870. The fourth-order valence-corrected chi connectivity index (χ4v) is 1.50. The summed E-state index contributed by atoms with van der Waals surface area (Å²) in [6.45, 7) is 0.0418. The normalized spacial score (nSPS) is 11.9. The number of carbonyl (C=O) groups excluding carboxylic acids is 1. The van der Waals surface area contributed by atoms with Crippen LogP contribution >= 0.6 is 11.6 Å². The van der Waals surface area contributed by atoms with Crippen LogP contribution < -0.4 is 5.32 Å². The van der Waals surface area contributed by atoms with Crippen LogP contribution in [0.25, 0.3) is 0 Å². The molecule has 0 aliphatic rings. The highest BCUT2D eigenvalue weighted by Gasteiger charge is 2.12. The molecule has 6 nitrogen and oxygen atoms in total. The van der Waals surface area contributed by atoms with E-state index >= 15 is 0 Å². The Bertz CT molecular complexity index is 547. The molecule has 0 aromatic carbocycles. The average Bonchev–Trinajstić information content (AvgIpc) is 2.46. The van der Waals surface area contributed by atoms with E-state index in [0.717, 1.165) is 0 Å². The molecule has 7 heteroatoms. The largest absolute Gasteiger partial charge is 0.385 e. The summed E-state index contributed by atoms with van der Waals surface area (Å²) in [7, 11) is 0. The van der Waals surface area contributed by atoms with E-state index < -0.39 is 12.0 Å². The van der Waals surface area contributed by atoms with Crippen LogP contribution in [0.1, 0.15) is 22.3 Å². The van der Waals surface area contributed by atoms with Crippen LogP contribution in [-0.2, 0) is 0 Å². The number of halogens is 1. The quantitative estimate of drug-likeness (QED) is 0.871. The third-order valence-electron chi connectivity index (χ3n) is 2.35. The first-order chi connectivity index (χ1) is 9.16. The number of nitrogens with one attached hydrogen (secondary N) is 1. The van der Waals surface area contributed by atoms with Gasteiger partial charge in [0.15, 0.2) is 10.8 Å². The number of aromatic nitrogens is 3. The maximum atomic E-state index is 11.7. The van der Waals surface area contributed by atoms with Gasteiger partial charge in [-0.05, 0) is 24.3 Å². The van der Waals surface area contributed by atoms with Crippen LogP contribution in [0.5, 0.6) is 0 Å². The Hall–Kier alpha value is -2.05. The van der Waals surface area contributed by atoms with Crippen molar-refractivity contribution in [1.29, 1.82) is 0 Å². The lowest BCUT2D eigenvalue weighted by molar-refractivity contribution is 0.0908. The van der Waals surface area contributed by atoms with Crippen molar-refractivity contribution < 1.29 is 9.90 Å². The zero-order valence-corrected chi connectivity index (χ0v) is 10.6. The van der Waals surface area contributed by atoms with Gasteiger partial charge in [0.05, 0.1) is 5.69 Å². The molecule has 0 fully saturated rings. The van der Waals surface area contributed by atoms with E-state index in [-0.39, 0.29) is 17.4 Å². The molecule has 2 aromatic rings. The molecule has 0 spiro atoms. The van der Waals surface area contributed by atoms with Crippen molar-refractivity contribution in [3.63, 3.8) is 0 Å². The van der Waals surface area contributed by atoms with Gasteiger partial charge in [-0.2, -0.15) is 0 Å². The SMILES string of the molecule is O=C(NCC(O)c1ccccn1)c1ccc(Cl)nn1. The highest BCUT2D eigenvalue weighted by atomic mass is 35.5. The number of hydrogen-bond acceptors (Lipinski definition) is 5. The molecule has 2 aromatic heterocycles. The van der Waals surface area contributed by atoms with E-state index in [1.165, 1.54) is 12.1 Å². The van der Waals surface area contributed by atoms with Gasteiger partial charge >= 0.3 is 0 Å². The molecule has 1 amide bonds. The molecule has 2 rings (SSSR count). The Morgan fingerprint density at radius 2 is 2.16 bits per heavy atom. The third-order valence-corrected chi connectivity index (χ3v) is 2.55. The van der Waals surface area contributed by atoms with Crippen molar-refractivity contribution in [2.45, 2.75) is 6.10 Å². The standard InChI is InChI=1S/C12H11ClN4O2/c13-11-5-4-9(16-17-11)12(19)15-7-10(18)8-3-1-2-6-14-8/h1-6,10,18H,7H2,(H,15,19). The second-order valence-corrected chi connectivity index (χ2v) is 4.11. The molecule has 0 bridgehead atoms. The molecule has 19 heavy (non-hydrogen) atoms. The summed E-state index contributed by atoms with van der Waals surface area (Å²) in [5.41, 5.74) is 0.627. The summed E-state index contributed by atoms with van der Waals surface area (Å²) in [4.78, 5) is 15.7. The van der Waals surface area contributed by atoms with Gasteiger partial charge in [0.1, 0.15) is 6.10 Å². The zero-order chi connectivity index (χ0) is 13.7. The predicted octanol–water partition coefficient (Wildman–Crippen LogP) is 0.988. The topological polar surface area (TPSA) is 88.0 Å². The Morgan fingerprint density at radius 1 is 1.32 bits per heavy atom. The van der Waals surface area contributed by atoms with Gasteiger partial charge in [-0.3, -0.25) is 9.78 Å². The number of pyridine rings is 1. The predicted molar refractivity (Wildman–Crippen MR) is 68.6 cm³/mol. The fourth-order valence-electron chi connectivity index (χ4n) is 1.39. The van der Waals surface area contributed by atoms with Crippen molar-refractivity contribution >= 4 is 17.5 Å². The van der Waals surface area contributed by atoms with Crippen LogP contribution in [0, 0.1) is 0 Å². The highest BCUT2D eigenvalue weighted by Crippen LogP contribution is 2.07. The second-order valence-electron chi connectivity index (χ2n) is 3.72. The molecule has 98 valence electrons. The van der Waals surface area contributed by atoms with Gasteiger partial charge in [-0.15, -0.1) is 10.2 Å². The smallest absolute Gasteiger partial charge is 0.271 e. The summed E-state index contributed by atoms with van der Waals surface area (Å²) < 4.78 is 0. The number of amides is 1. The lowest BCUT2D eigenvalue weighted by Gasteiger charge is -2.10. The lowest BCUT2D eigenvalue weighted by Crippen LogP contribution is -2.29. The molecule has 0 saturated heterocycles. The second kappa shape index (κ2) is 6.21. The lowest BCUT2D eigenvalue weighted by atomic mass is 10.2. The van der Waals surface area contributed by atoms with E-state index in [1.807, 2.05) is 0 Å². The Morgan fingerprint density at radius 3 is 2.79 bits per heavy atom. The molecule has 1 atom stereocenters. The Kier molecular flexibility index (Phi) is 4.38. The first-order valence-electron chi connectivity index (χ1n) is 5.53. The van der Waals surface area contributed by atoms with Crippen LogP contribution in [0.3, 0.4) is 0 Å². The zero-order valence-electron chi connectivity index (χ0n) is 9.82. The van der Waals surface area contributed by atoms with Crippen LogP contribution in [-0.4, -0.2) is 32.7 Å². The number of carbonyl (C=O) groups is 1.